The average Bonchev–Trinajstić information content (AvgIpc) is 2.71. The van der Waals surface area contributed by atoms with E-state index in [2.05, 4.69) is 13.2 Å². The van der Waals surface area contributed by atoms with E-state index in [1.807, 2.05) is 44.2 Å². The molecule has 23 heavy (non-hydrogen) atoms. The zero-order valence-electron chi connectivity index (χ0n) is 13.9. The highest BCUT2D eigenvalue weighted by Crippen LogP contribution is 2.41. The van der Waals surface area contributed by atoms with Crippen LogP contribution < -0.4 is 0 Å². The van der Waals surface area contributed by atoms with Gasteiger partial charge in [-0.25, -0.2) is 4.74 Å². The van der Waals surface area contributed by atoms with Crippen molar-refractivity contribution in [3.8, 4) is 0 Å². The Bertz CT molecular complexity index is 568. The Morgan fingerprint density at radius 3 is 2.35 bits per heavy atom. The zero-order valence-corrected chi connectivity index (χ0v) is 13.9. The van der Waals surface area contributed by atoms with Crippen LogP contribution in [0.5, 0.6) is 0 Å². The van der Waals surface area contributed by atoms with Gasteiger partial charge < -0.3 is 14.7 Å². The van der Waals surface area contributed by atoms with Crippen LogP contribution in [0.3, 0.4) is 0 Å². The summed E-state index contributed by atoms with van der Waals surface area (Å²) in [6, 6.07) is 9.62. The lowest BCUT2D eigenvalue weighted by atomic mass is 9.89. The van der Waals surface area contributed by atoms with Gasteiger partial charge in [-0.2, -0.15) is 0 Å². The molecule has 0 N–H and O–H groups in total. The molecule has 2 rings (SSSR count). The first-order chi connectivity index (χ1) is 10.9. The average molecular weight is 315 g/mol. The third kappa shape index (κ3) is 4.30. The molecule has 1 aliphatic heterocycles. The second-order valence-corrected chi connectivity index (χ2v) is 6.30. The fourth-order valence-electron chi connectivity index (χ4n) is 3.01. The topological polar surface area (TPSA) is 44.5 Å². The fraction of sp³-hybridized carbons (Fsp3) is 0.421. The maximum absolute atomic E-state index is 12.3. The van der Waals surface area contributed by atoms with Crippen molar-refractivity contribution in [1.82, 2.24) is 0 Å². The Morgan fingerprint density at radius 2 is 1.78 bits per heavy atom. The normalized spacial score (nSPS) is 22.7. The van der Waals surface area contributed by atoms with Gasteiger partial charge in [0, 0.05) is 5.56 Å². The van der Waals surface area contributed by atoms with Gasteiger partial charge in [-0.05, 0) is 26.7 Å². The van der Waals surface area contributed by atoms with E-state index in [0.717, 1.165) is 10.3 Å². The molecular weight excluding hydrogens is 290 g/mol. The summed E-state index contributed by atoms with van der Waals surface area (Å²) in [5.41, 5.74) is 0.321. The lowest BCUT2D eigenvalue weighted by Crippen LogP contribution is -2.41. The molecule has 1 saturated heterocycles. The molecule has 0 bridgehead atoms. The number of hydrogen-bond acceptors (Lipinski definition) is 3. The van der Waals surface area contributed by atoms with E-state index in [1.165, 1.54) is 0 Å². The minimum absolute atomic E-state index is 0.277. The molecule has 4 heteroatoms. The first kappa shape index (κ1) is 17.4. The van der Waals surface area contributed by atoms with E-state index in [-0.39, 0.29) is 6.54 Å². The van der Waals surface area contributed by atoms with Crippen molar-refractivity contribution in [3.05, 3.63) is 66.4 Å². The van der Waals surface area contributed by atoms with Crippen molar-refractivity contribution in [1.29, 1.82) is 0 Å². The van der Waals surface area contributed by atoms with Crippen LogP contribution in [0.4, 0.5) is 0 Å². The molecule has 0 radical (unpaired) electrons. The van der Waals surface area contributed by atoms with Crippen LogP contribution in [-0.2, 0) is 16.0 Å². The number of benzene rings is 1. The van der Waals surface area contributed by atoms with Gasteiger partial charge in [0.2, 0.25) is 0 Å². The highest BCUT2D eigenvalue weighted by molar-refractivity contribution is 5.61. The van der Waals surface area contributed by atoms with E-state index >= 15 is 0 Å². The van der Waals surface area contributed by atoms with Crippen molar-refractivity contribution in [3.63, 3.8) is 0 Å². The summed E-state index contributed by atoms with van der Waals surface area (Å²) in [5, 5.41) is 12.3. The van der Waals surface area contributed by atoms with Crippen LogP contribution in [0.2, 0.25) is 0 Å². The van der Waals surface area contributed by atoms with Gasteiger partial charge >= 0.3 is 0 Å². The standard InChI is InChI=1S/C19H25NO3/c1-5-12-19(13-6-2)17(22-18(3,4)23-19)15-20(21)14-16-10-8-7-9-11-16/h5-11,15,17H,1-2,12-14H2,3-4H3/b20-15+/t17-/m1/s1. The molecule has 1 atom stereocenters. The number of ether oxygens (including phenoxy) is 2. The third-order valence-electron chi connectivity index (χ3n) is 3.84. The summed E-state index contributed by atoms with van der Waals surface area (Å²) in [6.07, 6.45) is 5.87. The molecule has 1 aliphatic rings. The molecule has 0 spiro atoms. The SMILES string of the molecule is C=CCC1(CC=C)OC(C)(C)O[C@@H]1/C=[N+](/[O-])Cc1ccccc1. The molecule has 1 aromatic rings. The van der Waals surface area contributed by atoms with E-state index in [4.69, 9.17) is 9.47 Å². The Hall–Kier alpha value is -1.91. The zero-order chi connectivity index (χ0) is 16.9. The summed E-state index contributed by atoms with van der Waals surface area (Å²) in [6.45, 7) is 11.6. The summed E-state index contributed by atoms with van der Waals surface area (Å²) in [4.78, 5) is 0. The Morgan fingerprint density at radius 1 is 1.17 bits per heavy atom. The number of hydroxylamine groups is 1. The molecule has 124 valence electrons. The predicted octanol–water partition coefficient (Wildman–Crippen LogP) is 3.81. The van der Waals surface area contributed by atoms with Gasteiger partial charge in [-0.15, -0.1) is 13.2 Å². The first-order valence-electron chi connectivity index (χ1n) is 7.83. The van der Waals surface area contributed by atoms with E-state index in [9.17, 15) is 5.21 Å². The third-order valence-corrected chi connectivity index (χ3v) is 3.84. The lowest BCUT2D eigenvalue weighted by Gasteiger charge is -2.29. The first-order valence-corrected chi connectivity index (χ1v) is 7.83. The monoisotopic (exact) mass is 315 g/mol. The number of hydrogen-bond donors (Lipinski definition) is 0. The van der Waals surface area contributed by atoms with E-state index < -0.39 is 17.5 Å². The van der Waals surface area contributed by atoms with Gasteiger partial charge in [0.25, 0.3) is 0 Å². The Kier molecular flexibility index (Phi) is 5.39. The second kappa shape index (κ2) is 7.11. The summed E-state index contributed by atoms with van der Waals surface area (Å²) < 4.78 is 13.0. The molecule has 0 aromatic heterocycles. The largest absolute Gasteiger partial charge is 0.624 e. The van der Waals surface area contributed by atoms with Crippen LogP contribution in [0.15, 0.2) is 55.6 Å². The maximum atomic E-state index is 12.3. The summed E-state index contributed by atoms with van der Waals surface area (Å²) in [7, 11) is 0. The molecule has 1 fully saturated rings. The van der Waals surface area contributed by atoms with Crippen LogP contribution in [0.25, 0.3) is 0 Å². The molecule has 0 amide bonds. The maximum Gasteiger partial charge on any atom is 0.183 e. The van der Waals surface area contributed by atoms with Crippen molar-refractivity contribution < 1.29 is 14.2 Å². The Labute approximate surface area is 138 Å². The van der Waals surface area contributed by atoms with Crippen LogP contribution in [0, 0.1) is 5.21 Å². The van der Waals surface area contributed by atoms with Gasteiger partial charge in [-0.3, -0.25) is 0 Å². The van der Waals surface area contributed by atoms with Gasteiger partial charge in [0.15, 0.2) is 24.7 Å². The highest BCUT2D eigenvalue weighted by Gasteiger charge is 2.52. The predicted molar refractivity (Wildman–Crippen MR) is 92.2 cm³/mol. The van der Waals surface area contributed by atoms with Crippen LogP contribution in [0.1, 0.15) is 32.3 Å². The fourth-order valence-corrected chi connectivity index (χ4v) is 3.01. The molecular formula is C19H25NO3. The number of rotatable bonds is 7. The highest BCUT2D eigenvalue weighted by atomic mass is 16.8. The van der Waals surface area contributed by atoms with Gasteiger partial charge in [-0.1, -0.05) is 42.5 Å². The molecule has 0 unspecified atom stereocenters. The molecule has 1 aromatic carbocycles. The second-order valence-electron chi connectivity index (χ2n) is 6.30. The minimum Gasteiger partial charge on any atom is -0.624 e. The smallest absolute Gasteiger partial charge is 0.183 e. The molecule has 0 aliphatic carbocycles. The van der Waals surface area contributed by atoms with E-state index in [0.29, 0.717) is 12.8 Å². The summed E-state index contributed by atoms with van der Waals surface area (Å²) >= 11 is 0. The van der Waals surface area contributed by atoms with Gasteiger partial charge in [0.1, 0.15) is 5.60 Å². The summed E-state index contributed by atoms with van der Waals surface area (Å²) in [5.74, 6) is -0.749. The van der Waals surface area contributed by atoms with Crippen LogP contribution >= 0.6 is 0 Å². The lowest BCUT2D eigenvalue weighted by molar-refractivity contribution is -0.473. The van der Waals surface area contributed by atoms with Gasteiger partial charge in [0.05, 0.1) is 0 Å². The Balaban J connectivity index is 2.24. The minimum atomic E-state index is -0.749. The molecule has 4 nitrogen and oxygen atoms in total. The van der Waals surface area contributed by atoms with Crippen molar-refractivity contribution in [2.45, 2.75) is 50.7 Å². The van der Waals surface area contributed by atoms with Crippen LogP contribution in [-0.4, -0.2) is 28.4 Å². The van der Waals surface area contributed by atoms with E-state index in [1.54, 1.807) is 18.4 Å². The van der Waals surface area contributed by atoms with Crippen molar-refractivity contribution >= 4 is 6.21 Å². The molecule has 0 saturated carbocycles. The number of nitrogens with zero attached hydrogens (tertiary/aromatic N) is 1. The molecule has 1 heterocycles. The van der Waals surface area contributed by atoms with Crippen molar-refractivity contribution in [2.75, 3.05) is 0 Å². The quantitative estimate of drug-likeness (QED) is 0.253. The van der Waals surface area contributed by atoms with Crippen molar-refractivity contribution in [2.24, 2.45) is 0 Å².